The van der Waals surface area contributed by atoms with Crippen molar-refractivity contribution >= 4 is 27.4 Å². The summed E-state index contributed by atoms with van der Waals surface area (Å²) in [6, 6.07) is 6.57. The summed E-state index contributed by atoms with van der Waals surface area (Å²) in [7, 11) is -3.40. The minimum atomic E-state index is -3.40. The van der Waals surface area contributed by atoms with Gasteiger partial charge in [0.15, 0.2) is 5.78 Å². The molecule has 0 aromatic heterocycles. The monoisotopic (exact) mass is 368 g/mol. The van der Waals surface area contributed by atoms with E-state index in [1.165, 1.54) is 11.2 Å². The lowest BCUT2D eigenvalue weighted by molar-refractivity contribution is -0.116. The largest absolute Gasteiger partial charge is 0.377 e. The molecular formula is C17H24N2O5S. The third-order valence-corrected chi connectivity index (χ3v) is 5.33. The number of anilines is 1. The molecule has 1 aromatic carbocycles. The van der Waals surface area contributed by atoms with E-state index >= 15 is 0 Å². The number of nitrogens with one attached hydrogen (secondary N) is 1. The maximum absolute atomic E-state index is 12.1. The Balaban J connectivity index is 1.88. The molecule has 25 heavy (non-hydrogen) atoms. The molecule has 0 aliphatic carbocycles. The van der Waals surface area contributed by atoms with E-state index in [4.69, 9.17) is 4.74 Å². The van der Waals surface area contributed by atoms with Crippen LogP contribution in [0.2, 0.25) is 0 Å². The van der Waals surface area contributed by atoms with Crippen molar-refractivity contribution in [3.05, 3.63) is 29.8 Å². The van der Waals surface area contributed by atoms with Crippen LogP contribution in [0.3, 0.4) is 0 Å². The van der Waals surface area contributed by atoms with Crippen molar-refractivity contribution in [2.45, 2.75) is 32.3 Å². The molecule has 0 saturated carbocycles. The lowest BCUT2D eigenvalue weighted by atomic mass is 10.1. The van der Waals surface area contributed by atoms with Gasteiger partial charge in [0.1, 0.15) is 0 Å². The summed E-state index contributed by atoms with van der Waals surface area (Å²) in [5.41, 5.74) is 1.14. The molecule has 2 rings (SSSR count). The highest BCUT2D eigenvalue weighted by Crippen LogP contribution is 2.15. The Bertz CT molecular complexity index is 709. The molecule has 1 saturated heterocycles. The van der Waals surface area contributed by atoms with Crippen LogP contribution >= 0.6 is 0 Å². The Morgan fingerprint density at radius 1 is 1.28 bits per heavy atom. The molecule has 138 valence electrons. The number of ether oxygens (including phenoxy) is 1. The summed E-state index contributed by atoms with van der Waals surface area (Å²) in [6.45, 7) is 2.51. The normalized spacial score (nSPS) is 17.6. The zero-order chi connectivity index (χ0) is 18.4. The highest BCUT2D eigenvalue weighted by molar-refractivity contribution is 7.88. The standard InChI is InChI=1S/C17H24N2O5S/c1-13(20)14-5-7-15(8-6-14)18-17(21)9-10-19(25(2,22)23)12-16-4-3-11-24-16/h5-8,16H,3-4,9-12H2,1-2H3,(H,18,21). The molecule has 1 fully saturated rings. The first kappa shape index (κ1) is 19.6. The van der Waals surface area contributed by atoms with Crippen molar-refractivity contribution in [1.29, 1.82) is 0 Å². The number of hydrogen-bond acceptors (Lipinski definition) is 5. The fourth-order valence-corrected chi connectivity index (χ4v) is 3.51. The lowest BCUT2D eigenvalue weighted by Crippen LogP contribution is -2.38. The topological polar surface area (TPSA) is 92.8 Å². The molecule has 7 nitrogen and oxygen atoms in total. The molecule has 1 heterocycles. The van der Waals surface area contributed by atoms with Crippen molar-refractivity contribution in [3.8, 4) is 0 Å². The number of benzene rings is 1. The van der Waals surface area contributed by atoms with Gasteiger partial charge in [-0.3, -0.25) is 9.59 Å². The van der Waals surface area contributed by atoms with E-state index in [0.29, 0.717) is 17.9 Å². The first-order chi connectivity index (χ1) is 11.8. The Labute approximate surface area is 148 Å². The van der Waals surface area contributed by atoms with Gasteiger partial charge in [0.25, 0.3) is 0 Å². The lowest BCUT2D eigenvalue weighted by Gasteiger charge is -2.22. The van der Waals surface area contributed by atoms with E-state index in [9.17, 15) is 18.0 Å². The zero-order valence-corrected chi connectivity index (χ0v) is 15.3. The number of carbonyl (C=O) groups is 2. The number of carbonyl (C=O) groups excluding carboxylic acids is 2. The van der Waals surface area contributed by atoms with Gasteiger partial charge in [-0.2, -0.15) is 4.31 Å². The van der Waals surface area contributed by atoms with Crippen LogP contribution < -0.4 is 5.32 Å². The van der Waals surface area contributed by atoms with E-state index < -0.39 is 10.0 Å². The third-order valence-electron chi connectivity index (χ3n) is 4.06. The molecular weight excluding hydrogens is 344 g/mol. The van der Waals surface area contributed by atoms with Crippen LogP contribution in [-0.2, 0) is 19.6 Å². The molecule has 1 amide bonds. The molecule has 0 radical (unpaired) electrons. The number of nitrogens with zero attached hydrogens (tertiary/aromatic N) is 1. The Hall–Kier alpha value is -1.77. The van der Waals surface area contributed by atoms with Crippen LogP contribution in [0.4, 0.5) is 5.69 Å². The molecule has 0 bridgehead atoms. The number of rotatable bonds is 8. The number of sulfonamides is 1. The van der Waals surface area contributed by atoms with Crippen LogP contribution in [0.5, 0.6) is 0 Å². The smallest absolute Gasteiger partial charge is 0.225 e. The van der Waals surface area contributed by atoms with Gasteiger partial charge in [0.2, 0.25) is 15.9 Å². The molecule has 0 spiro atoms. The molecule has 1 aliphatic rings. The van der Waals surface area contributed by atoms with Crippen molar-refractivity contribution in [3.63, 3.8) is 0 Å². The van der Waals surface area contributed by atoms with E-state index in [-0.39, 0.29) is 37.3 Å². The quantitative estimate of drug-likeness (QED) is 0.705. The first-order valence-corrected chi connectivity index (χ1v) is 10.1. The van der Waals surface area contributed by atoms with Crippen LogP contribution in [0.1, 0.15) is 36.5 Å². The SMILES string of the molecule is CC(=O)c1ccc(NC(=O)CCN(CC2CCCO2)S(C)(=O)=O)cc1. The molecule has 1 N–H and O–H groups in total. The number of Topliss-reactive ketones (excluding diaryl/α,β-unsaturated/α-hetero) is 1. The highest BCUT2D eigenvalue weighted by atomic mass is 32.2. The van der Waals surface area contributed by atoms with Gasteiger partial charge in [-0.15, -0.1) is 0 Å². The van der Waals surface area contributed by atoms with Gasteiger partial charge in [0.05, 0.1) is 12.4 Å². The van der Waals surface area contributed by atoms with Gasteiger partial charge in [0, 0.05) is 37.4 Å². The second-order valence-electron chi connectivity index (χ2n) is 6.19. The second kappa shape index (κ2) is 8.55. The predicted molar refractivity (Wildman–Crippen MR) is 95.1 cm³/mol. The maximum atomic E-state index is 12.1. The Morgan fingerprint density at radius 2 is 1.96 bits per heavy atom. The average Bonchev–Trinajstić information content (AvgIpc) is 3.04. The van der Waals surface area contributed by atoms with Gasteiger partial charge in [-0.1, -0.05) is 0 Å². The van der Waals surface area contributed by atoms with Crippen molar-refractivity contribution in [2.75, 3.05) is 31.3 Å². The third kappa shape index (κ3) is 6.22. The first-order valence-electron chi connectivity index (χ1n) is 8.23. The summed E-state index contributed by atoms with van der Waals surface area (Å²) in [5, 5.41) is 2.71. The van der Waals surface area contributed by atoms with Gasteiger partial charge < -0.3 is 10.1 Å². The van der Waals surface area contributed by atoms with Crippen molar-refractivity contribution in [1.82, 2.24) is 4.31 Å². The Morgan fingerprint density at radius 3 is 2.48 bits per heavy atom. The van der Waals surface area contributed by atoms with E-state index in [1.807, 2.05) is 0 Å². The summed E-state index contributed by atoms with van der Waals surface area (Å²) in [6.07, 6.45) is 2.85. The number of ketones is 1. The van der Waals surface area contributed by atoms with Gasteiger partial charge >= 0.3 is 0 Å². The molecule has 1 aromatic rings. The van der Waals surface area contributed by atoms with E-state index in [0.717, 1.165) is 19.1 Å². The fraction of sp³-hybridized carbons (Fsp3) is 0.529. The van der Waals surface area contributed by atoms with E-state index in [2.05, 4.69) is 5.32 Å². The van der Waals surface area contributed by atoms with Crippen LogP contribution in [0, 0.1) is 0 Å². The van der Waals surface area contributed by atoms with Crippen LogP contribution in [0.15, 0.2) is 24.3 Å². The molecule has 1 atom stereocenters. The Kier molecular flexibility index (Phi) is 6.69. The summed E-state index contributed by atoms with van der Waals surface area (Å²) in [4.78, 5) is 23.3. The molecule has 1 unspecified atom stereocenters. The minimum Gasteiger partial charge on any atom is -0.377 e. The number of hydrogen-bond donors (Lipinski definition) is 1. The second-order valence-corrected chi connectivity index (χ2v) is 8.17. The maximum Gasteiger partial charge on any atom is 0.225 e. The van der Waals surface area contributed by atoms with E-state index in [1.54, 1.807) is 24.3 Å². The predicted octanol–water partition coefficient (Wildman–Crippen LogP) is 1.66. The zero-order valence-electron chi connectivity index (χ0n) is 14.5. The summed E-state index contributed by atoms with van der Waals surface area (Å²) in [5.74, 6) is -0.327. The minimum absolute atomic E-state index is 0.0456. The van der Waals surface area contributed by atoms with Gasteiger partial charge in [-0.05, 0) is 44.0 Å². The van der Waals surface area contributed by atoms with Gasteiger partial charge in [-0.25, -0.2) is 8.42 Å². The molecule has 8 heteroatoms. The van der Waals surface area contributed by atoms with Crippen LogP contribution in [-0.4, -0.2) is 56.5 Å². The summed E-state index contributed by atoms with van der Waals surface area (Å²) >= 11 is 0. The summed E-state index contributed by atoms with van der Waals surface area (Å²) < 4.78 is 30.6. The van der Waals surface area contributed by atoms with Crippen LogP contribution in [0.25, 0.3) is 0 Å². The fourth-order valence-electron chi connectivity index (χ4n) is 2.65. The average molecular weight is 368 g/mol. The van der Waals surface area contributed by atoms with Crippen molar-refractivity contribution < 1.29 is 22.7 Å². The highest BCUT2D eigenvalue weighted by Gasteiger charge is 2.25. The number of amides is 1. The molecule has 1 aliphatic heterocycles. The van der Waals surface area contributed by atoms with Crippen molar-refractivity contribution in [2.24, 2.45) is 0 Å².